The van der Waals surface area contributed by atoms with Gasteiger partial charge in [-0.1, -0.05) is 37.1 Å². The minimum absolute atomic E-state index is 0.0296. The maximum atomic E-state index is 14.7. The number of aromatic nitrogens is 4. The van der Waals surface area contributed by atoms with Crippen molar-refractivity contribution in [3.63, 3.8) is 0 Å². The third-order valence-corrected chi connectivity index (χ3v) is 14.0. The summed E-state index contributed by atoms with van der Waals surface area (Å²) in [6.45, 7) is -0.0296. The van der Waals surface area contributed by atoms with Crippen molar-refractivity contribution in [2.24, 2.45) is 5.92 Å². The van der Waals surface area contributed by atoms with E-state index in [0.717, 1.165) is 49.5 Å². The van der Waals surface area contributed by atoms with Gasteiger partial charge in [0, 0.05) is 41.7 Å². The maximum absolute atomic E-state index is 14.7. The molecular formula is C42H48N8O8S. The summed E-state index contributed by atoms with van der Waals surface area (Å²) in [5.74, 6) is -2.00. The van der Waals surface area contributed by atoms with Crippen molar-refractivity contribution in [1.29, 1.82) is 0 Å². The number of fused-ring (bicyclic) bond motifs is 5. The molecule has 3 saturated carbocycles. The Hall–Kier alpha value is -5.58. The molecule has 59 heavy (non-hydrogen) atoms. The van der Waals surface area contributed by atoms with Crippen LogP contribution in [0.3, 0.4) is 0 Å². The summed E-state index contributed by atoms with van der Waals surface area (Å²) < 4.78 is 42.1. The average Bonchev–Trinajstić information content (AvgIpc) is 4.04. The second kappa shape index (κ2) is 15.9. The van der Waals surface area contributed by atoms with E-state index in [0.29, 0.717) is 54.8 Å². The van der Waals surface area contributed by atoms with Crippen LogP contribution in [-0.4, -0.2) is 98.3 Å². The summed E-state index contributed by atoms with van der Waals surface area (Å²) in [6.07, 6.45) is 13.4. The molecular weight excluding hydrogens is 777 g/mol. The fourth-order valence-corrected chi connectivity index (χ4v) is 10.1. The molecule has 2 aliphatic heterocycles. The van der Waals surface area contributed by atoms with Crippen molar-refractivity contribution in [3.8, 4) is 17.1 Å². The number of nitrogens with zero attached hydrogens (tertiary/aromatic N) is 5. The highest BCUT2D eigenvalue weighted by Crippen LogP contribution is 2.46. The van der Waals surface area contributed by atoms with Gasteiger partial charge in [-0.3, -0.25) is 24.1 Å². The van der Waals surface area contributed by atoms with Gasteiger partial charge in [0.2, 0.25) is 27.7 Å². The van der Waals surface area contributed by atoms with Crippen LogP contribution < -0.4 is 20.1 Å². The molecule has 0 radical (unpaired) electrons. The number of carbonyl (C=O) groups is 4. The SMILES string of the molecule is O=C(N[C@H]1CCCCCC=C[C@@H]2C[C@@]2(C(=O)NS(=O)(=O)C2CC2)NC(=O)[C@@H]2C[C@@H](Oc3cc(-c4cccnc4)nc4c5ccccc5nn34)CN2C1=O)OC1CCCC1. The van der Waals surface area contributed by atoms with Crippen LogP contribution in [0.4, 0.5) is 4.79 Å². The number of hydrogen-bond donors (Lipinski definition) is 3. The van der Waals surface area contributed by atoms with Crippen LogP contribution in [0.5, 0.6) is 5.88 Å². The van der Waals surface area contributed by atoms with Crippen molar-refractivity contribution in [2.75, 3.05) is 6.54 Å². The van der Waals surface area contributed by atoms with E-state index in [9.17, 15) is 27.6 Å². The number of ether oxygens (including phenoxy) is 2. The summed E-state index contributed by atoms with van der Waals surface area (Å²) in [6, 6.07) is 10.9. The van der Waals surface area contributed by atoms with Crippen molar-refractivity contribution in [2.45, 2.75) is 119 Å². The van der Waals surface area contributed by atoms with E-state index < -0.39 is 68.7 Å². The first-order valence-corrected chi connectivity index (χ1v) is 22.3. The fourth-order valence-electron chi connectivity index (χ4n) is 8.70. The molecule has 0 bridgehead atoms. The van der Waals surface area contributed by atoms with Crippen LogP contribution in [0.15, 0.2) is 67.0 Å². The van der Waals surface area contributed by atoms with Crippen molar-refractivity contribution < 1.29 is 37.1 Å². The van der Waals surface area contributed by atoms with Gasteiger partial charge in [-0.05, 0) is 88.5 Å². The largest absolute Gasteiger partial charge is 0.472 e. The van der Waals surface area contributed by atoms with Crippen molar-refractivity contribution in [1.82, 2.24) is 39.8 Å². The molecule has 4 fully saturated rings. The van der Waals surface area contributed by atoms with E-state index >= 15 is 0 Å². The van der Waals surface area contributed by atoms with Crippen LogP contribution in [0.2, 0.25) is 0 Å². The smallest absolute Gasteiger partial charge is 0.408 e. The Balaban J connectivity index is 1.05. The number of hydrogen-bond acceptors (Lipinski definition) is 11. The number of amides is 4. The lowest BCUT2D eigenvalue weighted by Gasteiger charge is -2.30. The van der Waals surface area contributed by atoms with Gasteiger partial charge in [-0.2, -0.15) is 9.61 Å². The monoisotopic (exact) mass is 824 g/mol. The molecule has 3 aromatic heterocycles. The lowest BCUT2D eigenvalue weighted by atomic mass is 10.0. The van der Waals surface area contributed by atoms with Gasteiger partial charge in [0.25, 0.3) is 5.91 Å². The second-order valence-corrected chi connectivity index (χ2v) is 18.4. The number of rotatable bonds is 8. The predicted molar refractivity (Wildman–Crippen MR) is 215 cm³/mol. The first kappa shape index (κ1) is 38.9. The van der Waals surface area contributed by atoms with E-state index in [4.69, 9.17) is 19.6 Å². The predicted octanol–water partition coefficient (Wildman–Crippen LogP) is 4.33. The zero-order valence-corrected chi connectivity index (χ0v) is 33.4. The van der Waals surface area contributed by atoms with Gasteiger partial charge in [0.1, 0.15) is 29.8 Å². The normalized spacial score (nSPS) is 26.7. The van der Waals surface area contributed by atoms with E-state index in [1.54, 1.807) is 23.0 Å². The van der Waals surface area contributed by atoms with Crippen LogP contribution in [0.1, 0.15) is 83.5 Å². The molecule has 310 valence electrons. The van der Waals surface area contributed by atoms with Gasteiger partial charge in [-0.15, -0.1) is 0 Å². The van der Waals surface area contributed by atoms with E-state index in [1.165, 1.54) is 4.90 Å². The van der Waals surface area contributed by atoms with Crippen LogP contribution in [0.25, 0.3) is 27.8 Å². The summed E-state index contributed by atoms with van der Waals surface area (Å²) in [5, 5.41) is 10.7. The molecule has 5 atom stereocenters. The van der Waals surface area contributed by atoms with Crippen molar-refractivity contribution >= 4 is 50.4 Å². The van der Waals surface area contributed by atoms with E-state index in [-0.39, 0.29) is 25.5 Å². The molecule has 17 heteroatoms. The zero-order chi connectivity index (χ0) is 40.7. The summed E-state index contributed by atoms with van der Waals surface area (Å²) in [4.78, 5) is 67.0. The number of nitrogens with one attached hydrogen (secondary N) is 3. The van der Waals surface area contributed by atoms with Gasteiger partial charge >= 0.3 is 6.09 Å². The summed E-state index contributed by atoms with van der Waals surface area (Å²) in [7, 11) is -3.91. The summed E-state index contributed by atoms with van der Waals surface area (Å²) >= 11 is 0. The topological polar surface area (TPSA) is 203 Å². The molecule has 3 N–H and O–H groups in total. The highest BCUT2D eigenvalue weighted by molar-refractivity contribution is 7.91. The minimum Gasteiger partial charge on any atom is -0.472 e. The molecule has 4 aromatic rings. The first-order chi connectivity index (χ1) is 28.6. The lowest BCUT2D eigenvalue weighted by molar-refractivity contribution is -0.141. The number of sulfonamides is 1. The molecule has 5 aliphatic rings. The molecule has 4 amide bonds. The second-order valence-electron chi connectivity index (χ2n) is 16.5. The standard InChI is InChI=1S/C42H48N8O8S/c51-38-35-21-29(57-36-22-34(26-11-10-20-43-24-26)44-37-31-15-8-9-16-32(31)47-50(36)37)25-49(35)39(52)33(45-41(54)58-28-13-6-7-14-28)17-5-3-1-2-4-12-27-23-42(27,46-38)40(53)48-59(55,56)30-18-19-30/h4,8-12,15-16,20,22,24,27-30,33,35H,1-3,5-7,13-14,17-19,21,23,25H2,(H,45,54)(H,46,51)(H,48,53)/t27-,29-,33+,35+,42-/m1/s1. The van der Waals surface area contributed by atoms with Gasteiger partial charge in [-0.25, -0.2) is 18.2 Å². The highest BCUT2D eigenvalue weighted by Gasteiger charge is 2.62. The molecule has 16 nitrogen and oxygen atoms in total. The Morgan fingerprint density at radius 3 is 2.56 bits per heavy atom. The third-order valence-electron chi connectivity index (χ3n) is 12.2. The van der Waals surface area contributed by atoms with Gasteiger partial charge in [0.05, 0.1) is 23.0 Å². The Morgan fingerprint density at radius 1 is 0.949 bits per heavy atom. The van der Waals surface area contributed by atoms with Crippen LogP contribution in [0, 0.1) is 5.92 Å². The average molecular weight is 825 g/mol. The molecule has 0 spiro atoms. The zero-order valence-electron chi connectivity index (χ0n) is 32.6. The number of allylic oxidation sites excluding steroid dienone is 1. The maximum Gasteiger partial charge on any atom is 0.408 e. The quantitative estimate of drug-likeness (QED) is 0.214. The summed E-state index contributed by atoms with van der Waals surface area (Å²) in [5.41, 5.74) is 1.06. The Bertz CT molecular complexity index is 2410. The highest BCUT2D eigenvalue weighted by atomic mass is 32.2. The first-order valence-electron chi connectivity index (χ1n) is 20.8. The van der Waals surface area contributed by atoms with Crippen molar-refractivity contribution in [3.05, 3.63) is 67.0 Å². The molecule has 1 aromatic carbocycles. The number of alkyl carbamates (subject to hydrolysis) is 1. The fraction of sp³-hybridized carbons (Fsp3) is 0.500. The van der Waals surface area contributed by atoms with Gasteiger partial charge in [0.15, 0.2) is 5.65 Å². The minimum atomic E-state index is -3.91. The Labute approximate surface area is 341 Å². The number of carbonyl (C=O) groups excluding carboxylic acids is 4. The van der Waals surface area contributed by atoms with Gasteiger partial charge < -0.3 is 25.0 Å². The molecule has 9 rings (SSSR count). The molecule has 0 unspecified atom stereocenters. The lowest BCUT2D eigenvalue weighted by Crippen LogP contribution is -2.58. The van der Waals surface area contributed by atoms with Crippen LogP contribution >= 0.6 is 0 Å². The van der Waals surface area contributed by atoms with Crippen LogP contribution in [-0.2, 0) is 29.1 Å². The molecule has 3 aliphatic carbocycles. The van der Waals surface area contributed by atoms with E-state index in [2.05, 4.69) is 20.3 Å². The number of pyridine rings is 1. The Kier molecular flexibility index (Phi) is 10.5. The molecule has 5 heterocycles. The number of benzene rings is 1. The van der Waals surface area contributed by atoms with E-state index in [1.807, 2.05) is 48.6 Å². The third kappa shape index (κ3) is 8.08. The molecule has 1 saturated heterocycles. The Morgan fingerprint density at radius 2 is 1.76 bits per heavy atom.